The summed E-state index contributed by atoms with van der Waals surface area (Å²) in [7, 11) is 0. The summed E-state index contributed by atoms with van der Waals surface area (Å²) in [5.74, 6) is -0.639. The van der Waals surface area contributed by atoms with Crippen molar-refractivity contribution in [1.29, 1.82) is 0 Å². The van der Waals surface area contributed by atoms with Crippen LogP contribution in [0.4, 0.5) is 17.4 Å². The molecule has 27 heavy (non-hydrogen) atoms. The lowest BCUT2D eigenvalue weighted by atomic mass is 10.0. The number of rotatable bonds is 3. The van der Waals surface area contributed by atoms with E-state index in [0.29, 0.717) is 39.1 Å². The average molecular weight is 378 g/mol. The van der Waals surface area contributed by atoms with Crippen LogP contribution in [0.3, 0.4) is 0 Å². The zero-order chi connectivity index (χ0) is 19.2. The summed E-state index contributed by atoms with van der Waals surface area (Å²) in [5.41, 5.74) is -2.40. The highest BCUT2D eigenvalue weighted by Crippen LogP contribution is 2.35. The second-order valence-electron chi connectivity index (χ2n) is 6.25. The van der Waals surface area contributed by atoms with Crippen LogP contribution in [0.2, 0.25) is 0 Å². The first-order valence-electron chi connectivity index (χ1n) is 8.19. The van der Waals surface area contributed by atoms with Crippen LogP contribution in [0, 0.1) is 20.2 Å². The van der Waals surface area contributed by atoms with Crippen LogP contribution in [0.1, 0.15) is 12.8 Å². The molecule has 0 amide bonds. The topological polar surface area (TPSA) is 151 Å². The third-order valence-corrected chi connectivity index (χ3v) is 4.69. The predicted octanol–water partition coefficient (Wildman–Crippen LogP) is 1.35. The van der Waals surface area contributed by atoms with Gasteiger partial charge in [-0.3, -0.25) is 25.0 Å². The summed E-state index contributed by atoms with van der Waals surface area (Å²) >= 11 is 0. The number of hydrogen-bond acceptors (Lipinski definition) is 10. The van der Waals surface area contributed by atoms with Crippen molar-refractivity contribution in [1.82, 2.24) is 4.98 Å². The second-order valence-corrected chi connectivity index (χ2v) is 6.25. The number of anilines is 1. The molecule has 0 bridgehead atoms. The minimum atomic E-state index is -0.827. The fraction of sp³-hybridized carbons (Fsp3) is 0.467. The first-order valence-corrected chi connectivity index (χ1v) is 8.19. The average Bonchev–Trinajstić information content (AvgIpc) is 3.09. The normalized spacial score (nSPS) is 18.9. The van der Waals surface area contributed by atoms with E-state index < -0.39 is 32.6 Å². The Balaban J connectivity index is 1.74. The highest BCUT2D eigenvalue weighted by atomic mass is 16.7. The number of hydrogen-bond donors (Lipinski definition) is 0. The molecule has 0 aliphatic carbocycles. The Morgan fingerprint density at radius 2 is 1.74 bits per heavy atom. The van der Waals surface area contributed by atoms with Gasteiger partial charge in [0.1, 0.15) is 0 Å². The Bertz CT molecular complexity index is 987. The van der Waals surface area contributed by atoms with Gasteiger partial charge in [-0.2, -0.15) is 4.98 Å². The summed E-state index contributed by atoms with van der Waals surface area (Å²) in [5, 5.41) is 22.0. The lowest BCUT2D eigenvalue weighted by molar-refractivity contribution is -0.393. The Morgan fingerprint density at radius 1 is 1.07 bits per heavy atom. The van der Waals surface area contributed by atoms with Gasteiger partial charge in [0.25, 0.3) is 11.2 Å². The monoisotopic (exact) mass is 378 g/mol. The summed E-state index contributed by atoms with van der Waals surface area (Å²) in [6, 6.07) is 1.62. The van der Waals surface area contributed by atoms with Gasteiger partial charge in [-0.15, -0.1) is 0 Å². The molecule has 0 saturated carbocycles. The maximum absolute atomic E-state index is 12.3. The van der Waals surface area contributed by atoms with Crippen molar-refractivity contribution in [2.45, 2.75) is 18.6 Å². The first kappa shape index (κ1) is 17.3. The quantitative estimate of drug-likeness (QED) is 0.565. The molecule has 1 aromatic heterocycles. The molecule has 2 saturated heterocycles. The molecule has 1 aromatic carbocycles. The molecule has 2 aliphatic heterocycles. The van der Waals surface area contributed by atoms with Crippen molar-refractivity contribution in [2.24, 2.45) is 0 Å². The molecule has 2 aliphatic rings. The Labute approximate surface area is 150 Å². The number of nitro benzene ring substituents is 2. The SMILES string of the molecule is O=c1nc(N2CCC3(CC2)OCCO3)oc2c([N+](=O)[O-])cc([N+](=O)[O-])cc12. The third kappa shape index (κ3) is 2.98. The van der Waals surface area contributed by atoms with E-state index in [9.17, 15) is 25.0 Å². The van der Waals surface area contributed by atoms with E-state index in [0.717, 1.165) is 12.1 Å². The van der Waals surface area contributed by atoms with E-state index in [1.807, 2.05) is 0 Å². The van der Waals surface area contributed by atoms with Crippen LogP contribution < -0.4 is 10.5 Å². The molecular formula is C15H14N4O8. The lowest BCUT2D eigenvalue weighted by Gasteiger charge is -2.37. The molecule has 0 unspecified atom stereocenters. The maximum Gasteiger partial charge on any atom is 0.319 e. The summed E-state index contributed by atoms with van der Waals surface area (Å²) in [4.78, 5) is 38.5. The molecule has 12 heteroatoms. The zero-order valence-corrected chi connectivity index (χ0v) is 14.0. The van der Waals surface area contributed by atoms with Gasteiger partial charge >= 0.3 is 11.7 Å². The number of piperidine rings is 1. The van der Waals surface area contributed by atoms with E-state index in [1.165, 1.54) is 0 Å². The molecule has 2 fully saturated rings. The zero-order valence-electron chi connectivity index (χ0n) is 14.0. The largest absolute Gasteiger partial charge is 0.417 e. The highest BCUT2D eigenvalue weighted by molar-refractivity contribution is 5.87. The second kappa shape index (κ2) is 6.25. The van der Waals surface area contributed by atoms with Gasteiger partial charge in [0, 0.05) is 32.0 Å². The summed E-state index contributed by atoms with van der Waals surface area (Å²) < 4.78 is 16.8. The van der Waals surface area contributed by atoms with E-state index in [-0.39, 0.29) is 17.0 Å². The number of non-ortho nitro benzene ring substituents is 2. The summed E-state index contributed by atoms with van der Waals surface area (Å²) in [6.07, 6.45) is 1.05. The van der Waals surface area contributed by atoms with Crippen molar-refractivity contribution in [3.05, 3.63) is 42.7 Å². The van der Waals surface area contributed by atoms with Crippen LogP contribution in [0.5, 0.6) is 0 Å². The fourth-order valence-electron chi connectivity index (χ4n) is 3.33. The standard InChI is InChI=1S/C15H14N4O8/c20-13-10-7-9(18(21)22)8-11(19(23)24)12(10)27-14(16-13)17-3-1-15(2-4-17)25-5-6-26-15/h7-8H,1-6H2. The molecule has 12 nitrogen and oxygen atoms in total. The molecule has 0 atom stereocenters. The van der Waals surface area contributed by atoms with Crippen LogP contribution in [0.25, 0.3) is 11.0 Å². The van der Waals surface area contributed by atoms with E-state index in [1.54, 1.807) is 4.90 Å². The number of aromatic nitrogens is 1. The molecule has 2 aromatic rings. The van der Waals surface area contributed by atoms with Crippen molar-refractivity contribution < 1.29 is 23.7 Å². The number of ether oxygens (including phenoxy) is 2. The lowest BCUT2D eigenvalue weighted by Crippen LogP contribution is -2.45. The minimum absolute atomic E-state index is 0.0719. The first-order chi connectivity index (χ1) is 12.9. The number of fused-ring (bicyclic) bond motifs is 1. The molecule has 1 spiro atoms. The van der Waals surface area contributed by atoms with Gasteiger partial charge < -0.3 is 18.8 Å². The fourth-order valence-corrected chi connectivity index (χ4v) is 3.33. The molecule has 3 heterocycles. The van der Waals surface area contributed by atoms with Gasteiger partial charge in [0.05, 0.1) is 34.5 Å². The van der Waals surface area contributed by atoms with Gasteiger partial charge in [-0.25, -0.2) is 0 Å². The van der Waals surface area contributed by atoms with Crippen molar-refractivity contribution in [2.75, 3.05) is 31.2 Å². The molecule has 142 valence electrons. The van der Waals surface area contributed by atoms with Crippen molar-refractivity contribution >= 4 is 28.4 Å². The predicted molar refractivity (Wildman–Crippen MR) is 89.7 cm³/mol. The summed E-state index contributed by atoms with van der Waals surface area (Å²) in [6.45, 7) is 1.88. The van der Waals surface area contributed by atoms with Crippen LogP contribution in [-0.2, 0) is 9.47 Å². The third-order valence-electron chi connectivity index (χ3n) is 4.69. The Morgan fingerprint density at radius 3 is 2.33 bits per heavy atom. The van der Waals surface area contributed by atoms with E-state index >= 15 is 0 Å². The van der Waals surface area contributed by atoms with Gasteiger partial charge in [-0.1, -0.05) is 0 Å². The number of nitrogens with zero attached hydrogens (tertiary/aromatic N) is 4. The van der Waals surface area contributed by atoms with E-state index in [2.05, 4.69) is 4.98 Å². The van der Waals surface area contributed by atoms with Gasteiger partial charge in [0.2, 0.25) is 5.58 Å². The van der Waals surface area contributed by atoms with Crippen molar-refractivity contribution in [3.63, 3.8) is 0 Å². The Kier molecular flexibility index (Phi) is 4.00. The molecule has 0 N–H and O–H groups in total. The molecule has 4 rings (SSSR count). The van der Waals surface area contributed by atoms with Crippen LogP contribution in [0.15, 0.2) is 21.3 Å². The van der Waals surface area contributed by atoms with Crippen LogP contribution >= 0.6 is 0 Å². The van der Waals surface area contributed by atoms with Crippen molar-refractivity contribution in [3.8, 4) is 0 Å². The number of benzene rings is 1. The van der Waals surface area contributed by atoms with Gasteiger partial charge in [-0.05, 0) is 0 Å². The number of nitro groups is 2. The van der Waals surface area contributed by atoms with Crippen LogP contribution in [-0.4, -0.2) is 46.9 Å². The van der Waals surface area contributed by atoms with Gasteiger partial charge in [0.15, 0.2) is 5.79 Å². The minimum Gasteiger partial charge on any atom is -0.417 e. The van der Waals surface area contributed by atoms with E-state index in [4.69, 9.17) is 13.9 Å². The Hall–Kier alpha value is -3.12. The highest BCUT2D eigenvalue weighted by Gasteiger charge is 2.40. The molecular weight excluding hydrogens is 364 g/mol. The molecule has 0 radical (unpaired) electrons. The maximum atomic E-state index is 12.3. The smallest absolute Gasteiger partial charge is 0.319 e.